The Morgan fingerprint density at radius 3 is 1.31 bits per heavy atom. The van der Waals surface area contributed by atoms with E-state index >= 15 is 0 Å². The highest BCUT2D eigenvalue weighted by Gasteiger charge is 2.79. The maximum absolute atomic E-state index is 10.8. The zero-order chi connectivity index (χ0) is 22.6. The quantitative estimate of drug-likeness (QED) is 0.478. The van der Waals surface area contributed by atoms with Crippen LogP contribution in [0.2, 0.25) is 0 Å². The molecule has 3 heteroatoms. The molecule has 0 aliphatic heterocycles. The lowest BCUT2D eigenvalue weighted by Crippen LogP contribution is -2.69. The van der Waals surface area contributed by atoms with Gasteiger partial charge in [-0.2, -0.15) is 15.8 Å². The van der Waals surface area contributed by atoms with Crippen LogP contribution in [0.25, 0.3) is 0 Å². The first-order valence-electron chi connectivity index (χ1n) is 10.5. The summed E-state index contributed by atoms with van der Waals surface area (Å²) in [5, 5.41) is 32.1. The predicted molar refractivity (Wildman–Crippen MR) is 121 cm³/mol. The Morgan fingerprint density at radius 2 is 0.906 bits per heavy atom. The first-order valence-corrected chi connectivity index (χ1v) is 10.5. The van der Waals surface area contributed by atoms with E-state index in [1.165, 1.54) is 0 Å². The molecule has 32 heavy (non-hydrogen) atoms. The second-order valence-corrected chi connectivity index (χ2v) is 8.79. The van der Waals surface area contributed by atoms with Crippen LogP contribution in [0.15, 0.2) is 78.9 Å². The van der Waals surface area contributed by atoms with Gasteiger partial charge in [-0.1, -0.05) is 78.6 Å². The minimum atomic E-state index is -1.71. The van der Waals surface area contributed by atoms with Crippen molar-refractivity contribution in [3.05, 3.63) is 107 Å². The van der Waals surface area contributed by atoms with E-state index < -0.39 is 21.7 Å². The van der Waals surface area contributed by atoms with Crippen molar-refractivity contribution in [2.24, 2.45) is 10.8 Å². The van der Waals surface area contributed by atoms with Crippen LogP contribution < -0.4 is 0 Å². The number of hydrogen-bond donors (Lipinski definition) is 0. The van der Waals surface area contributed by atoms with Crippen LogP contribution in [0.5, 0.6) is 0 Å². The molecule has 0 heterocycles. The van der Waals surface area contributed by atoms with Gasteiger partial charge in [-0.15, -0.1) is 0 Å². The lowest BCUT2D eigenvalue weighted by Gasteiger charge is -2.64. The van der Waals surface area contributed by atoms with Gasteiger partial charge in [0, 0.05) is 5.56 Å². The average Bonchev–Trinajstić information content (AvgIpc) is 2.85. The van der Waals surface area contributed by atoms with Crippen LogP contribution in [0, 0.1) is 56.7 Å². The lowest BCUT2D eigenvalue weighted by atomic mass is 9.31. The van der Waals surface area contributed by atoms with Gasteiger partial charge in [-0.3, -0.25) is 0 Å². The summed E-state index contributed by atoms with van der Waals surface area (Å²) in [6, 6.07) is 32.3. The van der Waals surface area contributed by atoms with Gasteiger partial charge in [0.25, 0.3) is 0 Å². The molecule has 0 spiro atoms. The molecule has 3 nitrogen and oxygen atoms in total. The van der Waals surface area contributed by atoms with Crippen LogP contribution in [-0.2, 0) is 10.8 Å². The molecule has 0 aromatic heterocycles. The summed E-state index contributed by atoms with van der Waals surface area (Å²) in [6.07, 6.45) is 0. The molecule has 0 saturated carbocycles. The number of nitrogens with zero attached hydrogens (tertiary/aromatic N) is 3. The van der Waals surface area contributed by atoms with E-state index in [2.05, 4.69) is 30.0 Å². The third kappa shape index (κ3) is 1.86. The molecule has 3 aliphatic carbocycles. The molecule has 0 radical (unpaired) electrons. The lowest BCUT2D eigenvalue weighted by molar-refractivity contribution is 0.0817. The minimum absolute atomic E-state index is 0.740. The highest BCUT2D eigenvalue weighted by molar-refractivity contribution is 5.73. The fourth-order valence-corrected chi connectivity index (χ4v) is 6.10. The minimum Gasteiger partial charge on any atom is -0.196 e. The van der Waals surface area contributed by atoms with Crippen molar-refractivity contribution in [3.8, 4) is 30.0 Å². The van der Waals surface area contributed by atoms with Crippen molar-refractivity contribution >= 4 is 0 Å². The summed E-state index contributed by atoms with van der Waals surface area (Å²) in [5.41, 5.74) is -0.831. The van der Waals surface area contributed by atoms with Gasteiger partial charge in [0.15, 0.2) is 10.8 Å². The Kier molecular flexibility index (Phi) is 3.89. The Balaban J connectivity index is 2.02. The van der Waals surface area contributed by atoms with Crippen LogP contribution in [0.3, 0.4) is 0 Å². The Morgan fingerprint density at radius 1 is 0.531 bits per heavy atom. The van der Waals surface area contributed by atoms with Gasteiger partial charge in [0.05, 0.1) is 29.0 Å². The number of rotatable bonds is 0. The Bertz CT molecular complexity index is 1390. The van der Waals surface area contributed by atoms with Crippen LogP contribution in [-0.4, -0.2) is 0 Å². The number of fused-ring (bicyclic) bond motifs is 1. The van der Waals surface area contributed by atoms with Gasteiger partial charge in [-0.05, 0) is 48.2 Å². The maximum atomic E-state index is 10.8. The predicted octanol–water partition coefficient (Wildman–Crippen LogP) is 5.22. The highest BCUT2D eigenvalue weighted by atomic mass is 14.8. The molecular weight excluding hydrogens is 390 g/mol. The number of benzene rings is 3. The molecule has 1 atom stereocenters. The van der Waals surface area contributed by atoms with Gasteiger partial charge < -0.3 is 0 Å². The van der Waals surface area contributed by atoms with E-state index in [0.29, 0.717) is 0 Å². The zero-order valence-electron chi connectivity index (χ0n) is 17.8. The van der Waals surface area contributed by atoms with Gasteiger partial charge in [0.1, 0.15) is 0 Å². The van der Waals surface area contributed by atoms with E-state index in [9.17, 15) is 15.8 Å². The van der Waals surface area contributed by atoms with E-state index in [1.807, 2.05) is 92.7 Å². The number of hydrogen-bond acceptors (Lipinski definition) is 3. The zero-order valence-corrected chi connectivity index (χ0v) is 17.8. The van der Waals surface area contributed by atoms with Crippen molar-refractivity contribution in [3.63, 3.8) is 0 Å². The second kappa shape index (κ2) is 6.34. The third-order valence-electron chi connectivity index (χ3n) is 7.74. The van der Waals surface area contributed by atoms with Crippen molar-refractivity contribution < 1.29 is 0 Å². The summed E-state index contributed by atoms with van der Waals surface area (Å²) < 4.78 is 0. The molecule has 3 aromatic carbocycles. The first-order chi connectivity index (χ1) is 15.5. The molecule has 1 unspecified atom stereocenters. The monoisotopic (exact) mass is 409 g/mol. The van der Waals surface area contributed by atoms with Crippen LogP contribution in [0.4, 0.5) is 0 Å². The summed E-state index contributed by atoms with van der Waals surface area (Å²) in [5.74, 6) is 6.36. The normalized spacial score (nSPS) is 28.0. The number of nitriles is 3. The summed E-state index contributed by atoms with van der Waals surface area (Å²) >= 11 is 0. The van der Waals surface area contributed by atoms with Crippen molar-refractivity contribution in [2.75, 3.05) is 0 Å². The van der Waals surface area contributed by atoms with E-state index in [0.717, 1.165) is 27.8 Å². The van der Waals surface area contributed by atoms with Crippen molar-refractivity contribution in [1.82, 2.24) is 0 Å². The fraction of sp³-hybridized carbons (Fsp3) is 0.207. The second-order valence-electron chi connectivity index (χ2n) is 8.79. The molecule has 0 N–H and O–H groups in total. The van der Waals surface area contributed by atoms with Gasteiger partial charge >= 0.3 is 0 Å². The fourth-order valence-electron chi connectivity index (χ4n) is 6.10. The molecule has 2 bridgehead atoms. The molecule has 0 fully saturated rings. The molecule has 0 amide bonds. The van der Waals surface area contributed by atoms with Crippen molar-refractivity contribution in [1.29, 1.82) is 15.8 Å². The summed E-state index contributed by atoms with van der Waals surface area (Å²) in [6.45, 7) is 3.89. The first kappa shape index (κ1) is 19.6. The van der Waals surface area contributed by atoms with Crippen molar-refractivity contribution in [2.45, 2.75) is 24.7 Å². The van der Waals surface area contributed by atoms with Gasteiger partial charge in [-0.25, -0.2) is 0 Å². The Hall–Kier alpha value is -4.31. The van der Waals surface area contributed by atoms with E-state index in [-0.39, 0.29) is 0 Å². The molecule has 150 valence electrons. The SMILES string of the molecule is CC12c3ccccc3C(C)(c3ccccc31)C(C#N)(C#Cc1ccccc1)C2(C#N)C#N. The summed E-state index contributed by atoms with van der Waals surface area (Å²) in [7, 11) is 0. The van der Waals surface area contributed by atoms with Gasteiger partial charge in [0.2, 0.25) is 0 Å². The Labute approximate surface area is 188 Å². The molecule has 6 rings (SSSR count). The highest BCUT2D eigenvalue weighted by Crippen LogP contribution is 2.73. The largest absolute Gasteiger partial charge is 0.196 e. The standard InChI is InChI=1S/C29H19N3/c1-26-22-12-6-8-14-24(22)27(2,25-15-9-7-13-23(25)26)29(19-31,20-32)28(26,18-30)17-16-21-10-4-3-5-11-21/h3-15H,1-2H3. The van der Waals surface area contributed by atoms with Crippen LogP contribution >= 0.6 is 0 Å². The van der Waals surface area contributed by atoms with E-state index in [1.54, 1.807) is 0 Å². The molecule has 3 aromatic rings. The molecular formula is C29H19N3. The van der Waals surface area contributed by atoms with Crippen LogP contribution in [0.1, 0.15) is 41.7 Å². The smallest absolute Gasteiger partial charge is 0.187 e. The maximum Gasteiger partial charge on any atom is 0.187 e. The van der Waals surface area contributed by atoms with E-state index in [4.69, 9.17) is 0 Å². The molecule has 3 aliphatic rings. The topological polar surface area (TPSA) is 71.4 Å². The summed E-state index contributed by atoms with van der Waals surface area (Å²) in [4.78, 5) is 0. The average molecular weight is 409 g/mol. The molecule has 0 saturated heterocycles. The third-order valence-corrected chi connectivity index (χ3v) is 7.74.